The molecule has 1 heterocycles. The van der Waals surface area contributed by atoms with Crippen LogP contribution >= 0.6 is 0 Å². The molecule has 0 aliphatic carbocycles. The smallest absolute Gasteiger partial charge is 0.545 e. The van der Waals surface area contributed by atoms with E-state index in [1.165, 1.54) is 30.6 Å². The number of anilines is 2. The van der Waals surface area contributed by atoms with Gasteiger partial charge in [-0.05, 0) is 41.5 Å². The average molecular weight is 344 g/mol. The van der Waals surface area contributed by atoms with Crippen molar-refractivity contribution < 1.29 is 37.9 Å². The number of nitrogens with one attached hydrogen (secondary N) is 1. The van der Waals surface area contributed by atoms with Crippen LogP contribution in [0.5, 0.6) is 5.75 Å². The Morgan fingerprint density at radius 2 is 1.88 bits per heavy atom. The normalized spacial score (nSPS) is 9.92. The maximum absolute atomic E-state index is 14.5. The van der Waals surface area contributed by atoms with Gasteiger partial charge in [0.1, 0.15) is 11.6 Å². The summed E-state index contributed by atoms with van der Waals surface area (Å²) in [6.45, 7) is 0. The van der Waals surface area contributed by atoms with Crippen LogP contribution in [0.25, 0.3) is 11.1 Å². The summed E-state index contributed by atoms with van der Waals surface area (Å²) in [5.41, 5.74) is 1.69. The summed E-state index contributed by atoms with van der Waals surface area (Å²) in [6, 6.07) is 13.2. The predicted molar refractivity (Wildman–Crippen MR) is 90.2 cm³/mol. The van der Waals surface area contributed by atoms with Crippen LogP contribution in [0.4, 0.5) is 15.8 Å². The summed E-state index contributed by atoms with van der Waals surface area (Å²) in [6.07, 6.45) is 2.64. The summed E-state index contributed by atoms with van der Waals surface area (Å²) >= 11 is 0. The van der Waals surface area contributed by atoms with Gasteiger partial charge in [-0.25, -0.2) is 4.39 Å². The minimum atomic E-state index is -1.36. The fourth-order valence-corrected chi connectivity index (χ4v) is 2.42. The molecule has 0 saturated carbocycles. The van der Waals surface area contributed by atoms with Gasteiger partial charge in [0, 0.05) is 11.8 Å². The molecule has 0 bridgehead atoms. The number of carbonyl (C=O) groups is 1. The van der Waals surface area contributed by atoms with E-state index in [0.29, 0.717) is 11.3 Å². The molecule has 0 unspecified atom stereocenters. The molecule has 0 amide bonds. The Morgan fingerprint density at radius 1 is 1.12 bits per heavy atom. The molecule has 3 aromatic rings. The number of carbonyl (C=O) groups excluding carboxylic acids is 1. The Labute approximate surface area is 162 Å². The Bertz CT molecular complexity index is 934. The number of hydrogen-bond acceptors (Lipinski definition) is 5. The van der Waals surface area contributed by atoms with Crippen LogP contribution in [0, 0.1) is 5.82 Å². The number of nitrogens with zero attached hydrogens (tertiary/aromatic N) is 1. The molecule has 26 heavy (non-hydrogen) atoms. The molecule has 0 aliphatic heterocycles. The van der Waals surface area contributed by atoms with Crippen molar-refractivity contribution in [3.8, 4) is 16.9 Å². The largest absolute Gasteiger partial charge is 1.00 e. The van der Waals surface area contributed by atoms with E-state index in [1.54, 1.807) is 25.3 Å². The molecule has 0 spiro atoms. The number of carboxylic acid groups (broad SMARTS) is 1. The second-order valence-corrected chi connectivity index (χ2v) is 5.26. The monoisotopic (exact) mass is 344 g/mol. The second-order valence-electron chi connectivity index (χ2n) is 5.26. The van der Waals surface area contributed by atoms with Crippen LogP contribution in [0.2, 0.25) is 0 Å². The zero-order valence-corrected chi connectivity index (χ0v) is 14.3. The molecular formula is C19H14FLiN2O3. The van der Waals surface area contributed by atoms with E-state index in [0.717, 1.165) is 5.56 Å². The first kappa shape index (κ1) is 19.5. The first-order chi connectivity index (χ1) is 12.1. The van der Waals surface area contributed by atoms with Crippen molar-refractivity contribution in [2.24, 2.45) is 0 Å². The number of hydrogen-bond donors (Lipinski definition) is 1. The standard InChI is InChI=1S/C19H15FN2O3.Li/c1-25-14-4-2-3-12(9-14)13-5-6-17(16(20)10-13)22-18-11-21-8-7-15(18)19(23)24;/h2-11,22H,1H3,(H,23,24);/q;+1/p-1. The molecule has 5 nitrogen and oxygen atoms in total. The Morgan fingerprint density at radius 3 is 2.58 bits per heavy atom. The van der Waals surface area contributed by atoms with Crippen molar-refractivity contribution >= 4 is 17.3 Å². The van der Waals surface area contributed by atoms with Crippen molar-refractivity contribution in [1.82, 2.24) is 4.98 Å². The molecule has 0 aliphatic rings. The van der Waals surface area contributed by atoms with Gasteiger partial charge in [-0.15, -0.1) is 0 Å². The van der Waals surface area contributed by atoms with Gasteiger partial charge in [0.2, 0.25) is 0 Å². The van der Waals surface area contributed by atoms with Gasteiger partial charge in [-0.1, -0.05) is 18.2 Å². The van der Waals surface area contributed by atoms with Crippen molar-refractivity contribution in [2.75, 3.05) is 12.4 Å². The summed E-state index contributed by atoms with van der Waals surface area (Å²) < 4.78 is 19.6. The minimum absolute atomic E-state index is 0. The third-order valence-corrected chi connectivity index (χ3v) is 3.68. The fourth-order valence-electron chi connectivity index (χ4n) is 2.42. The van der Waals surface area contributed by atoms with E-state index in [4.69, 9.17) is 4.74 Å². The number of halogens is 1. The van der Waals surface area contributed by atoms with Gasteiger partial charge in [-0.2, -0.15) is 0 Å². The number of ether oxygens (including phenoxy) is 1. The van der Waals surface area contributed by atoms with Crippen LogP contribution < -0.4 is 34.0 Å². The van der Waals surface area contributed by atoms with E-state index >= 15 is 0 Å². The molecule has 1 N–H and O–H groups in total. The molecule has 126 valence electrons. The molecule has 0 saturated heterocycles. The first-order valence-corrected chi connectivity index (χ1v) is 7.45. The van der Waals surface area contributed by atoms with Crippen molar-refractivity contribution in [1.29, 1.82) is 0 Å². The second kappa shape index (κ2) is 8.52. The average Bonchev–Trinajstić information content (AvgIpc) is 2.63. The number of aromatic nitrogens is 1. The molecule has 0 atom stereocenters. The third kappa shape index (κ3) is 4.23. The number of benzene rings is 2. The van der Waals surface area contributed by atoms with Crippen molar-refractivity contribution in [2.45, 2.75) is 0 Å². The van der Waals surface area contributed by atoms with Crippen LogP contribution in [0.1, 0.15) is 10.4 Å². The Balaban J connectivity index is 0.00000243. The molecule has 0 fully saturated rings. The first-order valence-electron chi connectivity index (χ1n) is 7.45. The van der Waals surface area contributed by atoms with E-state index < -0.39 is 11.8 Å². The van der Waals surface area contributed by atoms with Gasteiger partial charge in [0.05, 0.1) is 30.7 Å². The SMILES string of the molecule is COc1cccc(-c2ccc(Nc3cnccc3C(=O)[O-])c(F)c2)c1.[Li+]. The number of pyridine rings is 1. The summed E-state index contributed by atoms with van der Waals surface area (Å²) in [4.78, 5) is 15.0. The predicted octanol–water partition coefficient (Wildman–Crippen LogP) is 0.00740. The topological polar surface area (TPSA) is 74.3 Å². The molecular weight excluding hydrogens is 330 g/mol. The Kier molecular flexibility index (Phi) is 6.40. The third-order valence-electron chi connectivity index (χ3n) is 3.68. The molecule has 7 heteroatoms. The summed E-state index contributed by atoms with van der Waals surface area (Å²) in [5, 5.41) is 13.9. The number of methoxy groups -OCH3 is 1. The van der Waals surface area contributed by atoms with E-state index in [-0.39, 0.29) is 35.8 Å². The van der Waals surface area contributed by atoms with Crippen LogP contribution in [-0.4, -0.2) is 18.1 Å². The van der Waals surface area contributed by atoms with Gasteiger partial charge >= 0.3 is 18.9 Å². The molecule has 3 rings (SSSR count). The quantitative estimate of drug-likeness (QED) is 0.660. The van der Waals surface area contributed by atoms with Gasteiger partial charge < -0.3 is 20.0 Å². The number of aromatic carboxylic acids is 1. The van der Waals surface area contributed by atoms with E-state index in [1.807, 2.05) is 12.1 Å². The molecule has 0 radical (unpaired) electrons. The molecule has 2 aromatic carbocycles. The summed E-state index contributed by atoms with van der Waals surface area (Å²) in [5.74, 6) is -1.21. The van der Waals surface area contributed by atoms with Crippen LogP contribution in [-0.2, 0) is 0 Å². The zero-order valence-electron chi connectivity index (χ0n) is 14.3. The van der Waals surface area contributed by atoms with Crippen LogP contribution in [0.3, 0.4) is 0 Å². The van der Waals surface area contributed by atoms with Gasteiger partial charge in [-0.3, -0.25) is 4.98 Å². The Hall–Kier alpha value is -2.81. The molecule has 1 aromatic heterocycles. The van der Waals surface area contributed by atoms with Gasteiger partial charge in [0.15, 0.2) is 0 Å². The fraction of sp³-hybridized carbons (Fsp3) is 0.0526. The van der Waals surface area contributed by atoms with Crippen LogP contribution in [0.15, 0.2) is 60.9 Å². The zero-order chi connectivity index (χ0) is 17.8. The number of rotatable bonds is 5. The van der Waals surface area contributed by atoms with Gasteiger partial charge in [0.25, 0.3) is 0 Å². The van der Waals surface area contributed by atoms with Crippen molar-refractivity contribution in [3.05, 3.63) is 72.3 Å². The number of carboxylic acids is 1. The minimum Gasteiger partial charge on any atom is -0.545 e. The maximum Gasteiger partial charge on any atom is 1.00 e. The van der Waals surface area contributed by atoms with E-state index in [9.17, 15) is 14.3 Å². The van der Waals surface area contributed by atoms with E-state index in [2.05, 4.69) is 10.3 Å². The maximum atomic E-state index is 14.5. The van der Waals surface area contributed by atoms with Crippen molar-refractivity contribution in [3.63, 3.8) is 0 Å². The summed E-state index contributed by atoms with van der Waals surface area (Å²) in [7, 11) is 1.56.